The molecule has 1 rings (SSSR count). The fourth-order valence-corrected chi connectivity index (χ4v) is 1.32. The second-order valence-electron chi connectivity index (χ2n) is 2.23. The van der Waals surface area contributed by atoms with Crippen molar-refractivity contribution in [3.63, 3.8) is 0 Å². The highest BCUT2D eigenvalue weighted by Gasteiger charge is 2.30. The Morgan fingerprint density at radius 3 is 2.90 bits per heavy atom. The Morgan fingerprint density at radius 2 is 2.50 bits per heavy atom. The molecule has 4 heteroatoms. The summed E-state index contributed by atoms with van der Waals surface area (Å²) in [6, 6.07) is 0. The molecular formula is C6H8O3S. The van der Waals surface area contributed by atoms with Gasteiger partial charge in [-0.1, -0.05) is 5.92 Å². The second-order valence-corrected chi connectivity index (χ2v) is 3.05. The molecule has 0 N–H and O–H groups in total. The Kier molecular flexibility index (Phi) is 2.09. The van der Waals surface area contributed by atoms with Crippen LogP contribution in [0.2, 0.25) is 0 Å². The highest BCUT2D eigenvalue weighted by molar-refractivity contribution is 7.75. The van der Waals surface area contributed by atoms with Gasteiger partial charge in [-0.2, -0.15) is 4.21 Å². The maximum atomic E-state index is 10.6. The predicted octanol–water partition coefficient (Wildman–Crippen LogP) is 0.394. The van der Waals surface area contributed by atoms with Gasteiger partial charge in [-0.3, -0.25) is 4.18 Å². The topological polar surface area (TPSA) is 35.5 Å². The number of rotatable bonds is 0. The van der Waals surface area contributed by atoms with Gasteiger partial charge in [-0.25, -0.2) is 4.18 Å². The van der Waals surface area contributed by atoms with Crippen LogP contribution in [0.1, 0.15) is 13.3 Å². The predicted molar refractivity (Wildman–Crippen MR) is 37.0 cm³/mol. The van der Waals surface area contributed by atoms with Crippen molar-refractivity contribution in [3.05, 3.63) is 0 Å². The summed E-state index contributed by atoms with van der Waals surface area (Å²) in [5.41, 5.74) is -0.705. The molecular weight excluding hydrogens is 152 g/mol. The highest BCUT2D eigenvalue weighted by Crippen LogP contribution is 2.21. The van der Waals surface area contributed by atoms with Crippen molar-refractivity contribution in [3.8, 4) is 12.3 Å². The van der Waals surface area contributed by atoms with E-state index in [4.69, 9.17) is 10.6 Å². The molecule has 0 aromatic heterocycles. The minimum atomic E-state index is -1.65. The zero-order valence-electron chi connectivity index (χ0n) is 5.62. The van der Waals surface area contributed by atoms with E-state index in [0.717, 1.165) is 0 Å². The third kappa shape index (κ3) is 1.57. The minimum absolute atomic E-state index is 0.396. The molecule has 0 spiro atoms. The highest BCUT2D eigenvalue weighted by atomic mass is 32.2. The fourth-order valence-electron chi connectivity index (χ4n) is 0.617. The van der Waals surface area contributed by atoms with Crippen molar-refractivity contribution >= 4 is 11.4 Å². The molecule has 0 aromatic carbocycles. The van der Waals surface area contributed by atoms with E-state index in [9.17, 15) is 4.21 Å². The van der Waals surface area contributed by atoms with Crippen LogP contribution in [0.25, 0.3) is 0 Å². The number of terminal acetylenes is 1. The number of hydrogen-bond donors (Lipinski definition) is 0. The van der Waals surface area contributed by atoms with Crippen LogP contribution in [-0.2, 0) is 19.7 Å². The van der Waals surface area contributed by atoms with Crippen LogP contribution in [0.3, 0.4) is 0 Å². The number of hydrogen-bond acceptors (Lipinski definition) is 3. The molecule has 2 atom stereocenters. The smallest absolute Gasteiger partial charge is 0.268 e. The quantitative estimate of drug-likeness (QED) is 0.481. The lowest BCUT2D eigenvalue weighted by atomic mass is 10.1. The summed E-state index contributed by atoms with van der Waals surface area (Å²) >= 11 is -1.65. The van der Waals surface area contributed by atoms with Gasteiger partial charge in [0.25, 0.3) is 0 Å². The van der Waals surface area contributed by atoms with Crippen molar-refractivity contribution < 1.29 is 12.6 Å². The van der Waals surface area contributed by atoms with Crippen LogP contribution in [0.15, 0.2) is 0 Å². The zero-order valence-corrected chi connectivity index (χ0v) is 6.44. The molecule has 3 nitrogen and oxygen atoms in total. The summed E-state index contributed by atoms with van der Waals surface area (Å²) in [5.74, 6) is 2.42. The molecule has 1 aliphatic rings. The first-order valence-corrected chi connectivity index (χ1v) is 3.89. The van der Waals surface area contributed by atoms with E-state index in [0.29, 0.717) is 13.0 Å². The summed E-state index contributed by atoms with van der Waals surface area (Å²) in [7, 11) is 0. The van der Waals surface area contributed by atoms with E-state index >= 15 is 0 Å². The molecule has 56 valence electrons. The van der Waals surface area contributed by atoms with Gasteiger partial charge in [0.15, 0.2) is 0 Å². The van der Waals surface area contributed by atoms with E-state index in [2.05, 4.69) is 10.1 Å². The van der Waals surface area contributed by atoms with Crippen LogP contribution in [0.4, 0.5) is 0 Å². The van der Waals surface area contributed by atoms with Gasteiger partial charge in [-0.15, -0.1) is 6.42 Å². The summed E-state index contributed by atoms with van der Waals surface area (Å²) in [4.78, 5) is 0. The maximum Gasteiger partial charge on any atom is 0.306 e. The largest absolute Gasteiger partial charge is 0.306 e. The summed E-state index contributed by atoms with van der Waals surface area (Å²) in [6.45, 7) is 2.11. The summed E-state index contributed by atoms with van der Waals surface area (Å²) in [5, 5.41) is 0. The van der Waals surface area contributed by atoms with Gasteiger partial charge in [-0.05, 0) is 6.92 Å². The third-order valence-corrected chi connectivity index (χ3v) is 2.18. The maximum absolute atomic E-state index is 10.6. The molecule has 2 unspecified atom stereocenters. The molecule has 0 saturated carbocycles. The molecule has 1 heterocycles. The van der Waals surface area contributed by atoms with E-state index in [-0.39, 0.29) is 0 Å². The van der Waals surface area contributed by atoms with Crippen LogP contribution in [-0.4, -0.2) is 16.4 Å². The lowest BCUT2D eigenvalue weighted by Gasteiger charge is -2.25. The van der Waals surface area contributed by atoms with Gasteiger partial charge in [0.1, 0.15) is 5.60 Å². The minimum Gasteiger partial charge on any atom is -0.268 e. The molecule has 1 fully saturated rings. The van der Waals surface area contributed by atoms with Crippen LogP contribution < -0.4 is 0 Å². The van der Waals surface area contributed by atoms with Crippen LogP contribution in [0.5, 0.6) is 0 Å². The Labute approximate surface area is 62.6 Å². The molecule has 10 heavy (non-hydrogen) atoms. The Morgan fingerprint density at radius 1 is 1.80 bits per heavy atom. The lowest BCUT2D eigenvalue weighted by molar-refractivity contribution is 0.0752. The Balaban J connectivity index is 2.64. The van der Waals surface area contributed by atoms with Gasteiger partial charge in [0.2, 0.25) is 0 Å². The van der Waals surface area contributed by atoms with Gasteiger partial charge >= 0.3 is 11.4 Å². The molecule has 0 aliphatic carbocycles. The van der Waals surface area contributed by atoms with Gasteiger partial charge in [0, 0.05) is 6.42 Å². The first-order valence-electron chi connectivity index (χ1n) is 2.89. The van der Waals surface area contributed by atoms with Gasteiger partial charge < -0.3 is 0 Å². The Bertz CT molecular complexity index is 196. The fraction of sp³-hybridized carbons (Fsp3) is 0.667. The average Bonchev–Trinajstić information content (AvgIpc) is 1.88. The van der Waals surface area contributed by atoms with Crippen molar-refractivity contribution in [1.29, 1.82) is 0 Å². The first-order chi connectivity index (χ1) is 4.66. The SMILES string of the molecule is C#CC1(C)CCOS(=O)O1. The van der Waals surface area contributed by atoms with Crippen LogP contribution >= 0.6 is 0 Å². The molecule has 0 amide bonds. The van der Waals surface area contributed by atoms with E-state index in [1.54, 1.807) is 6.92 Å². The van der Waals surface area contributed by atoms with Crippen molar-refractivity contribution in [2.45, 2.75) is 18.9 Å². The third-order valence-electron chi connectivity index (χ3n) is 1.32. The van der Waals surface area contributed by atoms with Crippen molar-refractivity contribution in [2.75, 3.05) is 6.61 Å². The van der Waals surface area contributed by atoms with Gasteiger partial charge in [0.05, 0.1) is 6.61 Å². The average molecular weight is 160 g/mol. The molecule has 1 saturated heterocycles. The summed E-state index contributed by atoms with van der Waals surface area (Å²) in [6.07, 6.45) is 5.73. The molecule has 0 bridgehead atoms. The standard InChI is InChI=1S/C6H8O3S/c1-3-6(2)4-5-8-10(7)9-6/h1H,4-5H2,2H3. The van der Waals surface area contributed by atoms with Crippen molar-refractivity contribution in [1.82, 2.24) is 0 Å². The second kappa shape index (κ2) is 2.70. The molecule has 0 radical (unpaired) electrons. The van der Waals surface area contributed by atoms with E-state index in [1.807, 2.05) is 0 Å². The summed E-state index contributed by atoms with van der Waals surface area (Å²) < 4.78 is 20.1. The van der Waals surface area contributed by atoms with E-state index < -0.39 is 17.0 Å². The molecule has 0 aromatic rings. The Hall–Kier alpha value is -0.370. The van der Waals surface area contributed by atoms with Crippen LogP contribution in [0, 0.1) is 12.3 Å². The van der Waals surface area contributed by atoms with E-state index in [1.165, 1.54) is 0 Å². The zero-order chi connectivity index (χ0) is 7.61. The van der Waals surface area contributed by atoms with Crippen molar-refractivity contribution in [2.24, 2.45) is 0 Å². The normalized spacial score (nSPS) is 40.6. The first kappa shape index (κ1) is 7.73. The lowest BCUT2D eigenvalue weighted by Crippen LogP contribution is -2.34. The monoisotopic (exact) mass is 160 g/mol. The molecule has 1 aliphatic heterocycles.